The number of amides is 1. The number of carbonyl (C=O) groups excluding carboxylic acids is 1. The van der Waals surface area contributed by atoms with Gasteiger partial charge >= 0.3 is 5.69 Å². The fourth-order valence-electron chi connectivity index (χ4n) is 4.54. The van der Waals surface area contributed by atoms with Crippen molar-refractivity contribution in [2.75, 3.05) is 6.54 Å². The van der Waals surface area contributed by atoms with E-state index in [9.17, 15) is 18.8 Å². The number of fused-ring (bicyclic) bond motifs is 1. The van der Waals surface area contributed by atoms with Crippen molar-refractivity contribution < 1.29 is 9.18 Å². The largest absolute Gasteiger partial charge is 0.338 e. The van der Waals surface area contributed by atoms with Crippen LogP contribution in [0.3, 0.4) is 0 Å². The Labute approximate surface area is 184 Å². The van der Waals surface area contributed by atoms with Crippen molar-refractivity contribution in [1.82, 2.24) is 23.8 Å². The summed E-state index contributed by atoms with van der Waals surface area (Å²) in [4.78, 5) is 41.8. The zero-order valence-corrected chi connectivity index (χ0v) is 18.7. The van der Waals surface area contributed by atoms with Gasteiger partial charge in [-0.05, 0) is 57.7 Å². The number of hydrogen-bond acceptors (Lipinski definition) is 4. The molecular weight excluding hydrogens is 413 g/mol. The molecule has 0 aliphatic carbocycles. The molecular formula is C23H28FN5O3. The van der Waals surface area contributed by atoms with Gasteiger partial charge in [0.05, 0.1) is 12.2 Å². The molecule has 0 spiro atoms. The van der Waals surface area contributed by atoms with Crippen LogP contribution >= 0.6 is 0 Å². The second-order valence-corrected chi connectivity index (χ2v) is 8.42. The molecule has 1 amide bonds. The van der Waals surface area contributed by atoms with Gasteiger partial charge in [-0.1, -0.05) is 12.1 Å². The fourth-order valence-corrected chi connectivity index (χ4v) is 4.54. The predicted molar refractivity (Wildman–Crippen MR) is 119 cm³/mol. The van der Waals surface area contributed by atoms with Crippen LogP contribution in [0.4, 0.5) is 4.39 Å². The molecule has 170 valence electrons. The molecule has 1 aliphatic heterocycles. The van der Waals surface area contributed by atoms with E-state index in [1.165, 1.54) is 16.7 Å². The number of benzene rings is 1. The Morgan fingerprint density at radius 1 is 1.12 bits per heavy atom. The van der Waals surface area contributed by atoms with Crippen LogP contribution in [0.15, 0.2) is 33.9 Å². The Hall–Kier alpha value is -3.23. The lowest BCUT2D eigenvalue weighted by Crippen LogP contribution is -2.47. The first-order valence-electron chi connectivity index (χ1n) is 11.1. The zero-order chi connectivity index (χ0) is 23.0. The third-order valence-electron chi connectivity index (χ3n) is 6.25. The quantitative estimate of drug-likeness (QED) is 0.608. The van der Waals surface area contributed by atoms with Crippen molar-refractivity contribution in [2.24, 2.45) is 0 Å². The van der Waals surface area contributed by atoms with E-state index in [1.807, 2.05) is 18.7 Å². The highest BCUT2D eigenvalue weighted by Crippen LogP contribution is 2.18. The van der Waals surface area contributed by atoms with Gasteiger partial charge in [0, 0.05) is 19.1 Å². The summed E-state index contributed by atoms with van der Waals surface area (Å²) in [5.74, 6) is -0.536. The number of carbonyl (C=O) groups is 1. The summed E-state index contributed by atoms with van der Waals surface area (Å²) in [7, 11) is 0. The Bertz CT molecular complexity index is 1270. The first kappa shape index (κ1) is 22.0. The first-order chi connectivity index (χ1) is 15.3. The molecule has 1 fully saturated rings. The van der Waals surface area contributed by atoms with Gasteiger partial charge in [0.25, 0.3) is 5.56 Å². The molecule has 3 heterocycles. The average Bonchev–Trinajstić information content (AvgIpc) is 3.12. The number of aryl methyl sites for hydroxylation is 2. The molecule has 2 aromatic heterocycles. The Morgan fingerprint density at radius 2 is 1.84 bits per heavy atom. The molecule has 0 N–H and O–H groups in total. The molecule has 0 radical (unpaired) electrons. The van der Waals surface area contributed by atoms with Gasteiger partial charge in [-0.3, -0.25) is 23.4 Å². The number of nitrogens with zero attached hydrogens (tertiary/aromatic N) is 5. The van der Waals surface area contributed by atoms with Crippen LogP contribution in [-0.2, 0) is 24.4 Å². The highest BCUT2D eigenvalue weighted by atomic mass is 19.1. The molecule has 1 unspecified atom stereocenters. The highest BCUT2D eigenvalue weighted by molar-refractivity contribution is 5.81. The zero-order valence-electron chi connectivity index (χ0n) is 18.7. The average molecular weight is 442 g/mol. The van der Waals surface area contributed by atoms with E-state index in [4.69, 9.17) is 0 Å². The van der Waals surface area contributed by atoms with Crippen LogP contribution in [0.5, 0.6) is 0 Å². The Balaban J connectivity index is 1.86. The molecule has 0 saturated carbocycles. The number of rotatable bonds is 5. The topological polar surface area (TPSA) is 82.1 Å². The summed E-state index contributed by atoms with van der Waals surface area (Å²) < 4.78 is 17.4. The van der Waals surface area contributed by atoms with Gasteiger partial charge in [-0.25, -0.2) is 9.18 Å². The van der Waals surface area contributed by atoms with Crippen molar-refractivity contribution >= 4 is 16.9 Å². The molecule has 1 aromatic carbocycles. The Kier molecular flexibility index (Phi) is 5.99. The van der Waals surface area contributed by atoms with Gasteiger partial charge in [0.1, 0.15) is 17.9 Å². The van der Waals surface area contributed by atoms with E-state index in [2.05, 4.69) is 5.10 Å². The Morgan fingerprint density at radius 3 is 2.50 bits per heavy atom. The first-order valence-corrected chi connectivity index (χ1v) is 11.1. The van der Waals surface area contributed by atoms with E-state index < -0.39 is 17.1 Å². The van der Waals surface area contributed by atoms with Crippen molar-refractivity contribution in [3.05, 3.63) is 62.2 Å². The minimum absolute atomic E-state index is 0.0177. The number of halogens is 1. The maximum Gasteiger partial charge on any atom is 0.332 e. The highest BCUT2D eigenvalue weighted by Gasteiger charge is 2.26. The van der Waals surface area contributed by atoms with Gasteiger partial charge in [0.15, 0.2) is 5.52 Å². The normalized spacial score (nSPS) is 16.6. The number of hydrogen-bond donors (Lipinski definition) is 0. The van der Waals surface area contributed by atoms with Gasteiger partial charge < -0.3 is 4.90 Å². The SMILES string of the molecule is CCn1nc(C)c2c1c(=O)n(Cc1ccc(F)cc1)c(=O)n2CC(=O)N1CCCCC1C. The van der Waals surface area contributed by atoms with Crippen LogP contribution in [0.2, 0.25) is 0 Å². The molecule has 8 nitrogen and oxygen atoms in total. The summed E-state index contributed by atoms with van der Waals surface area (Å²) in [5, 5.41) is 4.43. The van der Waals surface area contributed by atoms with Gasteiger partial charge in [-0.15, -0.1) is 0 Å². The standard InChI is InChI=1S/C23H28FN5O3/c1-4-29-21-20(16(3)25-29)27(14-19(30)26-12-6-5-7-15(26)2)23(32)28(22(21)31)13-17-8-10-18(24)11-9-17/h8-11,15H,4-7,12-14H2,1-3H3. The lowest BCUT2D eigenvalue weighted by atomic mass is 10.0. The molecule has 4 rings (SSSR count). The van der Waals surface area contributed by atoms with Crippen LogP contribution in [0, 0.1) is 12.7 Å². The third-order valence-corrected chi connectivity index (χ3v) is 6.25. The monoisotopic (exact) mass is 441 g/mol. The molecule has 0 bridgehead atoms. The molecule has 1 aliphatic rings. The maximum absolute atomic E-state index is 13.5. The number of aromatic nitrogens is 4. The van der Waals surface area contributed by atoms with Crippen LogP contribution in [0.1, 0.15) is 44.4 Å². The smallest absolute Gasteiger partial charge is 0.332 e. The summed E-state index contributed by atoms with van der Waals surface area (Å²) in [6.45, 7) is 6.57. The molecule has 32 heavy (non-hydrogen) atoms. The van der Waals surface area contributed by atoms with Crippen molar-refractivity contribution in [3.8, 4) is 0 Å². The molecule has 9 heteroatoms. The van der Waals surface area contributed by atoms with E-state index in [0.717, 1.165) is 23.8 Å². The number of likely N-dealkylation sites (tertiary alicyclic amines) is 1. The van der Waals surface area contributed by atoms with E-state index >= 15 is 0 Å². The third kappa shape index (κ3) is 3.87. The van der Waals surface area contributed by atoms with Crippen LogP contribution < -0.4 is 11.2 Å². The summed E-state index contributed by atoms with van der Waals surface area (Å²) in [6.07, 6.45) is 2.96. The van der Waals surface area contributed by atoms with Crippen molar-refractivity contribution in [3.63, 3.8) is 0 Å². The molecule has 3 aromatic rings. The van der Waals surface area contributed by atoms with Gasteiger partial charge in [-0.2, -0.15) is 5.10 Å². The second-order valence-electron chi connectivity index (χ2n) is 8.42. The van der Waals surface area contributed by atoms with E-state index in [1.54, 1.807) is 23.7 Å². The van der Waals surface area contributed by atoms with Crippen molar-refractivity contribution in [2.45, 2.75) is 65.7 Å². The fraction of sp³-hybridized carbons (Fsp3) is 0.478. The second kappa shape index (κ2) is 8.72. The minimum Gasteiger partial charge on any atom is -0.338 e. The summed E-state index contributed by atoms with van der Waals surface area (Å²) in [5.41, 5.74) is 0.813. The predicted octanol–water partition coefficient (Wildman–Crippen LogP) is 2.28. The van der Waals surface area contributed by atoms with Crippen LogP contribution in [-0.4, -0.2) is 42.3 Å². The lowest BCUT2D eigenvalue weighted by molar-refractivity contribution is -0.135. The summed E-state index contributed by atoms with van der Waals surface area (Å²) in [6, 6.07) is 5.78. The number of piperidine rings is 1. The van der Waals surface area contributed by atoms with E-state index in [-0.39, 0.29) is 25.0 Å². The minimum atomic E-state index is -0.566. The van der Waals surface area contributed by atoms with Gasteiger partial charge in [0.2, 0.25) is 5.91 Å². The maximum atomic E-state index is 13.5. The molecule has 1 saturated heterocycles. The summed E-state index contributed by atoms with van der Waals surface area (Å²) >= 11 is 0. The van der Waals surface area contributed by atoms with E-state index in [0.29, 0.717) is 35.4 Å². The molecule has 1 atom stereocenters. The lowest BCUT2D eigenvalue weighted by Gasteiger charge is -2.33. The van der Waals surface area contributed by atoms with Crippen molar-refractivity contribution in [1.29, 1.82) is 0 Å². The van der Waals surface area contributed by atoms with Crippen LogP contribution in [0.25, 0.3) is 11.0 Å².